The van der Waals surface area contributed by atoms with E-state index in [2.05, 4.69) is 0 Å². The molecule has 1 aromatic rings. The van der Waals surface area contributed by atoms with Crippen LogP contribution in [0.1, 0.15) is 0 Å². The molecule has 10 unspecified atom stereocenters. The molecule has 0 aliphatic carbocycles. The van der Waals surface area contributed by atoms with Crippen LogP contribution < -0.4 is 4.74 Å². The van der Waals surface area contributed by atoms with Gasteiger partial charge in [0.1, 0.15) is 54.6 Å². The van der Waals surface area contributed by atoms with Crippen LogP contribution in [-0.4, -0.2) is 110 Å². The molecule has 2 aliphatic rings. The molecule has 0 bridgehead atoms. The average Bonchev–Trinajstić information content (AvgIpc) is 2.74. The molecule has 1 aromatic carbocycles. The van der Waals surface area contributed by atoms with Crippen LogP contribution in [0.15, 0.2) is 30.3 Å². The van der Waals surface area contributed by atoms with Crippen molar-refractivity contribution in [3.8, 4) is 5.75 Å². The van der Waals surface area contributed by atoms with Gasteiger partial charge in [-0.25, -0.2) is 0 Å². The SMILES string of the molecule is OCC1OC(OC2C(CO)OC(Oc3ccccc3)C(O)C2O)C(O)C(O)C1O. The maximum atomic E-state index is 10.5. The quantitative estimate of drug-likeness (QED) is 0.246. The van der Waals surface area contributed by atoms with E-state index < -0.39 is 74.6 Å². The summed E-state index contributed by atoms with van der Waals surface area (Å²) in [6.07, 6.45) is -14.8. The number of aliphatic hydroxyl groups excluding tert-OH is 7. The Morgan fingerprint density at radius 2 is 1.28 bits per heavy atom. The zero-order valence-electron chi connectivity index (χ0n) is 15.3. The van der Waals surface area contributed by atoms with Crippen molar-refractivity contribution in [3.63, 3.8) is 0 Å². The van der Waals surface area contributed by atoms with E-state index in [9.17, 15) is 35.7 Å². The first-order valence-corrected chi connectivity index (χ1v) is 9.17. The lowest BCUT2D eigenvalue weighted by molar-refractivity contribution is -0.352. The van der Waals surface area contributed by atoms with Gasteiger partial charge in [-0.05, 0) is 12.1 Å². The van der Waals surface area contributed by atoms with Crippen LogP contribution in [0.4, 0.5) is 0 Å². The van der Waals surface area contributed by atoms with Crippen LogP contribution >= 0.6 is 0 Å². The highest BCUT2D eigenvalue weighted by atomic mass is 16.7. The summed E-state index contributed by atoms with van der Waals surface area (Å²) in [6.45, 7) is -1.28. The van der Waals surface area contributed by atoms with Gasteiger partial charge in [-0.15, -0.1) is 0 Å². The predicted octanol–water partition coefficient (Wildman–Crippen LogP) is -3.31. The minimum absolute atomic E-state index is 0.369. The predicted molar refractivity (Wildman–Crippen MR) is 93.5 cm³/mol. The van der Waals surface area contributed by atoms with E-state index in [-0.39, 0.29) is 0 Å². The van der Waals surface area contributed by atoms with Crippen molar-refractivity contribution < 1.29 is 54.7 Å². The van der Waals surface area contributed by atoms with Crippen molar-refractivity contribution in [3.05, 3.63) is 30.3 Å². The van der Waals surface area contributed by atoms with E-state index in [0.29, 0.717) is 5.75 Å². The van der Waals surface area contributed by atoms with Gasteiger partial charge in [0.25, 0.3) is 0 Å². The lowest BCUT2D eigenvalue weighted by Crippen LogP contribution is -2.65. The molecule has 164 valence electrons. The van der Waals surface area contributed by atoms with Gasteiger partial charge in [-0.2, -0.15) is 0 Å². The van der Waals surface area contributed by atoms with Crippen molar-refractivity contribution in [2.45, 2.75) is 61.4 Å². The van der Waals surface area contributed by atoms with Gasteiger partial charge in [0.05, 0.1) is 13.2 Å². The first-order valence-electron chi connectivity index (χ1n) is 9.17. The van der Waals surface area contributed by atoms with Crippen LogP contribution in [-0.2, 0) is 14.2 Å². The molecule has 7 N–H and O–H groups in total. The Labute approximate surface area is 166 Å². The van der Waals surface area contributed by atoms with Crippen molar-refractivity contribution in [1.29, 1.82) is 0 Å². The van der Waals surface area contributed by atoms with Crippen LogP contribution in [0.2, 0.25) is 0 Å². The van der Waals surface area contributed by atoms with E-state index in [1.807, 2.05) is 0 Å². The molecule has 29 heavy (non-hydrogen) atoms. The number of para-hydroxylation sites is 1. The molecule has 0 spiro atoms. The Bertz CT molecular complexity index is 627. The molecule has 0 amide bonds. The molecule has 0 aromatic heterocycles. The molecule has 11 heteroatoms. The fraction of sp³-hybridized carbons (Fsp3) is 0.667. The molecule has 2 fully saturated rings. The van der Waals surface area contributed by atoms with E-state index in [1.54, 1.807) is 30.3 Å². The van der Waals surface area contributed by atoms with Crippen molar-refractivity contribution in [2.24, 2.45) is 0 Å². The Morgan fingerprint density at radius 3 is 1.90 bits per heavy atom. The number of aliphatic hydroxyl groups is 7. The standard InChI is InChI=1S/C18H26O11/c19-6-9-11(21)12(22)14(24)18(27-9)29-16-10(7-20)28-17(15(25)13(16)23)26-8-4-2-1-3-5-8/h1-5,9-25H,6-7H2. The Kier molecular flexibility index (Phi) is 7.40. The maximum absolute atomic E-state index is 10.5. The van der Waals surface area contributed by atoms with Gasteiger partial charge in [-0.3, -0.25) is 0 Å². The summed E-state index contributed by atoms with van der Waals surface area (Å²) >= 11 is 0. The normalized spacial score (nSPS) is 43.1. The van der Waals surface area contributed by atoms with Crippen LogP contribution in [0.3, 0.4) is 0 Å². The summed E-state index contributed by atoms with van der Waals surface area (Å²) in [4.78, 5) is 0. The largest absolute Gasteiger partial charge is 0.462 e. The van der Waals surface area contributed by atoms with Crippen molar-refractivity contribution in [2.75, 3.05) is 13.2 Å². The molecule has 2 aliphatic heterocycles. The molecule has 2 heterocycles. The van der Waals surface area contributed by atoms with Crippen LogP contribution in [0.25, 0.3) is 0 Å². The fourth-order valence-corrected chi connectivity index (χ4v) is 3.29. The average molecular weight is 418 g/mol. The second-order valence-electron chi connectivity index (χ2n) is 6.94. The Balaban J connectivity index is 1.71. The summed E-state index contributed by atoms with van der Waals surface area (Å²) < 4.78 is 21.7. The van der Waals surface area contributed by atoms with E-state index in [1.165, 1.54) is 0 Å². The molecule has 2 saturated heterocycles. The minimum atomic E-state index is -1.71. The second-order valence-corrected chi connectivity index (χ2v) is 6.94. The number of ether oxygens (including phenoxy) is 4. The fourth-order valence-electron chi connectivity index (χ4n) is 3.29. The van der Waals surface area contributed by atoms with E-state index in [0.717, 1.165) is 0 Å². The van der Waals surface area contributed by atoms with Crippen molar-refractivity contribution in [1.82, 2.24) is 0 Å². The lowest BCUT2D eigenvalue weighted by Gasteiger charge is -2.45. The smallest absolute Gasteiger partial charge is 0.229 e. The van der Waals surface area contributed by atoms with Gasteiger partial charge in [0, 0.05) is 0 Å². The van der Waals surface area contributed by atoms with Gasteiger partial charge >= 0.3 is 0 Å². The molecule has 10 atom stereocenters. The van der Waals surface area contributed by atoms with E-state index >= 15 is 0 Å². The number of hydrogen-bond donors (Lipinski definition) is 7. The maximum Gasteiger partial charge on any atom is 0.229 e. The van der Waals surface area contributed by atoms with Gasteiger partial charge in [0.15, 0.2) is 6.29 Å². The molecule has 11 nitrogen and oxygen atoms in total. The summed E-state index contributed by atoms with van der Waals surface area (Å²) in [5, 5.41) is 69.6. The van der Waals surface area contributed by atoms with Crippen LogP contribution in [0.5, 0.6) is 5.75 Å². The number of hydrogen-bond acceptors (Lipinski definition) is 11. The summed E-state index contributed by atoms with van der Waals surface area (Å²) in [5.41, 5.74) is 0. The molecule has 3 rings (SSSR count). The highest BCUT2D eigenvalue weighted by molar-refractivity contribution is 5.21. The highest BCUT2D eigenvalue weighted by Crippen LogP contribution is 2.30. The lowest BCUT2D eigenvalue weighted by atomic mass is 9.97. The first-order chi connectivity index (χ1) is 13.9. The molecular weight excluding hydrogens is 392 g/mol. The van der Waals surface area contributed by atoms with Gasteiger partial charge in [-0.1, -0.05) is 18.2 Å². The first kappa shape index (κ1) is 22.3. The van der Waals surface area contributed by atoms with Gasteiger partial charge in [0.2, 0.25) is 6.29 Å². The van der Waals surface area contributed by atoms with E-state index in [4.69, 9.17) is 18.9 Å². The zero-order valence-corrected chi connectivity index (χ0v) is 15.3. The molecule has 0 saturated carbocycles. The summed E-state index contributed by atoms with van der Waals surface area (Å²) in [7, 11) is 0. The van der Waals surface area contributed by atoms with Crippen molar-refractivity contribution >= 4 is 0 Å². The number of benzene rings is 1. The molecular formula is C18H26O11. The van der Waals surface area contributed by atoms with Crippen LogP contribution in [0, 0.1) is 0 Å². The minimum Gasteiger partial charge on any atom is -0.462 e. The molecule has 0 radical (unpaired) electrons. The third kappa shape index (κ3) is 4.70. The Hall–Kier alpha value is -1.38. The number of rotatable bonds is 6. The monoisotopic (exact) mass is 418 g/mol. The Morgan fingerprint density at radius 1 is 0.690 bits per heavy atom. The highest BCUT2D eigenvalue weighted by Gasteiger charge is 2.51. The zero-order chi connectivity index (χ0) is 21.1. The topological polar surface area (TPSA) is 179 Å². The second kappa shape index (κ2) is 9.62. The summed E-state index contributed by atoms with van der Waals surface area (Å²) in [6, 6.07) is 8.41. The summed E-state index contributed by atoms with van der Waals surface area (Å²) in [5.74, 6) is 0.369. The third-order valence-corrected chi connectivity index (χ3v) is 4.96. The van der Waals surface area contributed by atoms with Gasteiger partial charge < -0.3 is 54.7 Å². The third-order valence-electron chi connectivity index (χ3n) is 4.96.